The number of likely N-dealkylation sites (tertiary alicyclic amines) is 1. The number of furan rings is 1. The van der Waals surface area contributed by atoms with Gasteiger partial charge in [-0.05, 0) is 55.9 Å². The van der Waals surface area contributed by atoms with Gasteiger partial charge in [-0.2, -0.15) is 0 Å². The molecule has 3 amide bonds. The van der Waals surface area contributed by atoms with Gasteiger partial charge >= 0.3 is 0 Å². The smallest absolute Gasteiger partial charge is 0.251 e. The maximum Gasteiger partial charge on any atom is 0.251 e. The minimum Gasteiger partial charge on any atom is -0.467 e. The zero-order chi connectivity index (χ0) is 22.3. The fourth-order valence-electron chi connectivity index (χ4n) is 4.79. The molecule has 1 aromatic carbocycles. The second-order valence-corrected chi connectivity index (χ2v) is 8.76. The first-order valence-corrected chi connectivity index (χ1v) is 11.6. The van der Waals surface area contributed by atoms with Gasteiger partial charge in [0.15, 0.2) is 0 Å². The molecule has 2 heterocycles. The summed E-state index contributed by atoms with van der Waals surface area (Å²) >= 11 is 0. The number of hydrogen-bond donors (Lipinski definition) is 2. The van der Waals surface area contributed by atoms with Gasteiger partial charge in [-0.15, -0.1) is 0 Å². The summed E-state index contributed by atoms with van der Waals surface area (Å²) in [5.41, 5.74) is 0.519. The molecule has 0 radical (unpaired) electrons. The highest BCUT2D eigenvalue weighted by Gasteiger charge is 2.35. The Morgan fingerprint density at radius 1 is 0.969 bits per heavy atom. The monoisotopic (exact) mass is 437 g/mol. The molecule has 1 saturated carbocycles. The van der Waals surface area contributed by atoms with Gasteiger partial charge < -0.3 is 20.0 Å². The fraction of sp³-hybridized carbons (Fsp3) is 0.480. The topological polar surface area (TPSA) is 91.7 Å². The van der Waals surface area contributed by atoms with Crippen LogP contribution in [0.5, 0.6) is 0 Å². The highest BCUT2D eigenvalue weighted by Crippen LogP contribution is 2.29. The highest BCUT2D eigenvalue weighted by molar-refractivity contribution is 5.97. The zero-order valence-corrected chi connectivity index (χ0v) is 18.3. The van der Waals surface area contributed by atoms with Gasteiger partial charge in [0.2, 0.25) is 11.8 Å². The van der Waals surface area contributed by atoms with Crippen molar-refractivity contribution in [2.24, 2.45) is 11.8 Å². The predicted octanol–water partition coefficient (Wildman–Crippen LogP) is 3.12. The molecule has 1 unspecified atom stereocenters. The molecule has 32 heavy (non-hydrogen) atoms. The van der Waals surface area contributed by atoms with Crippen molar-refractivity contribution in [1.29, 1.82) is 0 Å². The number of carbonyl (C=O) groups excluding carboxylic acids is 3. The van der Waals surface area contributed by atoms with Crippen LogP contribution in [0.1, 0.15) is 54.6 Å². The molecule has 7 nitrogen and oxygen atoms in total. The van der Waals surface area contributed by atoms with Crippen molar-refractivity contribution in [2.45, 2.75) is 51.1 Å². The van der Waals surface area contributed by atoms with Crippen molar-refractivity contribution in [1.82, 2.24) is 15.5 Å². The van der Waals surface area contributed by atoms with Crippen LogP contribution in [0.25, 0.3) is 0 Å². The van der Waals surface area contributed by atoms with Crippen LogP contribution in [-0.2, 0) is 16.1 Å². The Labute approximate surface area is 188 Å². The third kappa shape index (κ3) is 5.39. The Balaban J connectivity index is 1.40. The Hall–Kier alpha value is -3.09. The number of carbonyl (C=O) groups is 3. The Morgan fingerprint density at radius 2 is 1.69 bits per heavy atom. The van der Waals surface area contributed by atoms with E-state index in [2.05, 4.69) is 10.6 Å². The van der Waals surface area contributed by atoms with E-state index in [9.17, 15) is 14.4 Å². The molecule has 1 saturated heterocycles. The minimum absolute atomic E-state index is 0.0353. The van der Waals surface area contributed by atoms with E-state index in [-0.39, 0.29) is 36.1 Å². The summed E-state index contributed by atoms with van der Waals surface area (Å²) in [7, 11) is 0. The van der Waals surface area contributed by atoms with E-state index in [4.69, 9.17) is 4.42 Å². The van der Waals surface area contributed by atoms with Crippen LogP contribution in [0.15, 0.2) is 53.1 Å². The summed E-state index contributed by atoms with van der Waals surface area (Å²) in [6.45, 7) is 1.52. The first kappa shape index (κ1) is 22.1. The first-order valence-electron chi connectivity index (χ1n) is 11.6. The lowest BCUT2D eigenvalue weighted by atomic mass is 9.87. The summed E-state index contributed by atoms with van der Waals surface area (Å²) in [4.78, 5) is 40.6. The molecule has 1 aromatic heterocycles. The van der Waals surface area contributed by atoms with Gasteiger partial charge in [0.1, 0.15) is 11.8 Å². The Bertz CT molecular complexity index is 899. The van der Waals surface area contributed by atoms with E-state index in [0.29, 0.717) is 37.3 Å². The number of nitrogens with zero attached hydrogens (tertiary/aromatic N) is 1. The number of benzene rings is 1. The van der Waals surface area contributed by atoms with Crippen molar-refractivity contribution in [3.63, 3.8) is 0 Å². The van der Waals surface area contributed by atoms with Crippen molar-refractivity contribution in [3.05, 3.63) is 60.1 Å². The van der Waals surface area contributed by atoms with Crippen molar-refractivity contribution in [2.75, 3.05) is 13.1 Å². The SMILES string of the molecule is O=C(NC(C(=O)NCc1ccco1)C1CCN(C(=O)C2CCCC2)CC1)c1ccccc1. The molecular weight excluding hydrogens is 406 g/mol. The van der Waals surface area contributed by atoms with Crippen molar-refractivity contribution < 1.29 is 18.8 Å². The summed E-state index contributed by atoms with van der Waals surface area (Å²) in [6.07, 6.45) is 7.19. The molecule has 2 fully saturated rings. The lowest BCUT2D eigenvalue weighted by Crippen LogP contribution is -2.54. The summed E-state index contributed by atoms with van der Waals surface area (Å²) in [6, 6.07) is 11.8. The predicted molar refractivity (Wildman–Crippen MR) is 120 cm³/mol. The Morgan fingerprint density at radius 3 is 2.34 bits per heavy atom. The molecule has 7 heteroatoms. The van der Waals surface area contributed by atoms with Gasteiger partial charge in [0, 0.05) is 24.6 Å². The fourth-order valence-corrected chi connectivity index (χ4v) is 4.79. The van der Waals surface area contributed by atoms with Crippen LogP contribution in [0.4, 0.5) is 0 Å². The van der Waals surface area contributed by atoms with E-state index >= 15 is 0 Å². The number of nitrogens with one attached hydrogen (secondary N) is 2. The van der Waals surface area contributed by atoms with Gasteiger partial charge in [-0.25, -0.2) is 0 Å². The van der Waals surface area contributed by atoms with E-state index in [1.165, 1.54) is 0 Å². The molecule has 1 atom stereocenters. The zero-order valence-electron chi connectivity index (χ0n) is 18.3. The largest absolute Gasteiger partial charge is 0.467 e. The summed E-state index contributed by atoms with van der Waals surface area (Å²) in [5.74, 6) is 0.541. The average molecular weight is 438 g/mol. The second kappa shape index (κ2) is 10.5. The number of hydrogen-bond acceptors (Lipinski definition) is 4. The molecular formula is C25H31N3O4. The summed E-state index contributed by atoms with van der Waals surface area (Å²) < 4.78 is 5.30. The van der Waals surface area contributed by atoms with Crippen LogP contribution >= 0.6 is 0 Å². The number of piperidine rings is 1. The van der Waals surface area contributed by atoms with Gasteiger partial charge in [0.25, 0.3) is 5.91 Å². The molecule has 2 N–H and O–H groups in total. The molecule has 0 spiro atoms. The molecule has 170 valence electrons. The molecule has 1 aliphatic carbocycles. The Kier molecular flexibility index (Phi) is 7.24. The van der Waals surface area contributed by atoms with Crippen LogP contribution in [0.3, 0.4) is 0 Å². The third-order valence-corrected chi connectivity index (χ3v) is 6.65. The molecule has 2 aromatic rings. The lowest BCUT2D eigenvalue weighted by Gasteiger charge is -2.36. The highest BCUT2D eigenvalue weighted by atomic mass is 16.3. The van der Waals surface area contributed by atoms with E-state index in [1.807, 2.05) is 11.0 Å². The van der Waals surface area contributed by atoms with E-state index < -0.39 is 6.04 Å². The van der Waals surface area contributed by atoms with Crippen LogP contribution in [0, 0.1) is 11.8 Å². The van der Waals surface area contributed by atoms with Gasteiger partial charge in [0.05, 0.1) is 12.8 Å². The maximum absolute atomic E-state index is 13.1. The average Bonchev–Trinajstić information content (AvgIpc) is 3.56. The van der Waals surface area contributed by atoms with Gasteiger partial charge in [-0.3, -0.25) is 14.4 Å². The van der Waals surface area contributed by atoms with E-state index in [0.717, 1.165) is 25.7 Å². The first-order chi connectivity index (χ1) is 15.6. The number of rotatable bonds is 7. The lowest BCUT2D eigenvalue weighted by molar-refractivity contribution is -0.137. The van der Waals surface area contributed by atoms with Crippen molar-refractivity contribution >= 4 is 17.7 Å². The third-order valence-electron chi connectivity index (χ3n) is 6.65. The molecule has 1 aliphatic heterocycles. The minimum atomic E-state index is -0.665. The van der Waals surface area contributed by atoms with Crippen LogP contribution in [-0.4, -0.2) is 41.8 Å². The van der Waals surface area contributed by atoms with Crippen molar-refractivity contribution in [3.8, 4) is 0 Å². The van der Waals surface area contributed by atoms with Crippen LogP contribution in [0.2, 0.25) is 0 Å². The van der Waals surface area contributed by atoms with Gasteiger partial charge in [-0.1, -0.05) is 31.0 Å². The maximum atomic E-state index is 13.1. The molecule has 4 rings (SSSR count). The summed E-state index contributed by atoms with van der Waals surface area (Å²) in [5, 5.41) is 5.84. The molecule has 0 bridgehead atoms. The number of amides is 3. The normalized spacial score (nSPS) is 18.3. The second-order valence-electron chi connectivity index (χ2n) is 8.76. The van der Waals surface area contributed by atoms with E-state index in [1.54, 1.807) is 42.7 Å². The molecule has 2 aliphatic rings. The standard InChI is InChI=1S/C25H31N3O4/c29-23(19-7-2-1-3-8-19)27-22(24(30)26-17-21-11-6-16-32-21)18-12-14-28(15-13-18)25(31)20-9-4-5-10-20/h1-3,6-8,11,16,18,20,22H,4-5,9-10,12-15,17H2,(H,26,30)(H,27,29). The van der Waals surface area contributed by atoms with Crippen LogP contribution < -0.4 is 10.6 Å². The quantitative estimate of drug-likeness (QED) is 0.696.